The molecule has 0 unspecified atom stereocenters. The van der Waals surface area contributed by atoms with E-state index in [0.717, 1.165) is 17.1 Å². The van der Waals surface area contributed by atoms with E-state index < -0.39 is 12.1 Å². The zero-order valence-corrected chi connectivity index (χ0v) is 13.0. The predicted octanol–water partition coefficient (Wildman–Crippen LogP) is 4.43. The van der Waals surface area contributed by atoms with Crippen molar-refractivity contribution >= 4 is 34.1 Å². The largest absolute Gasteiger partial charge is 0.471 e. The van der Waals surface area contributed by atoms with Gasteiger partial charge in [-0.05, 0) is 17.7 Å². The molecular formula is C16H14ClF3N4O. The molecule has 0 bridgehead atoms. The molecule has 0 aliphatic heterocycles. The molecule has 3 aromatic rings. The number of halogens is 4. The summed E-state index contributed by atoms with van der Waals surface area (Å²) in [4.78, 5) is 18.9. The Hall–Kier alpha value is -2.61. The van der Waals surface area contributed by atoms with Crippen molar-refractivity contribution in [1.29, 1.82) is 0 Å². The second-order valence-corrected chi connectivity index (χ2v) is 5.36. The molecule has 0 aliphatic rings. The van der Waals surface area contributed by atoms with Gasteiger partial charge in [0.25, 0.3) is 0 Å². The fourth-order valence-corrected chi connectivity index (χ4v) is 2.51. The van der Waals surface area contributed by atoms with Gasteiger partial charge in [-0.15, -0.1) is 0 Å². The number of hydrogen-bond acceptors (Lipinski definition) is 3. The van der Waals surface area contributed by atoms with Gasteiger partial charge < -0.3 is 9.88 Å². The molecule has 0 saturated heterocycles. The van der Waals surface area contributed by atoms with E-state index in [9.17, 15) is 18.0 Å². The number of carbonyl (C=O) groups is 1. The van der Waals surface area contributed by atoms with Crippen molar-refractivity contribution in [2.45, 2.75) is 13.6 Å². The highest BCUT2D eigenvalue weighted by Crippen LogP contribution is 2.34. The second kappa shape index (κ2) is 6.72. The Bertz CT molecular complexity index is 937. The first kappa shape index (κ1) is 18.7. The fraction of sp³-hybridized carbons (Fsp3) is 0.188. The van der Waals surface area contributed by atoms with Crippen LogP contribution in [0.4, 0.5) is 18.9 Å². The molecule has 25 heavy (non-hydrogen) atoms. The molecule has 5 nitrogen and oxygen atoms in total. The van der Waals surface area contributed by atoms with Gasteiger partial charge in [0.15, 0.2) is 0 Å². The van der Waals surface area contributed by atoms with Crippen LogP contribution >= 0.6 is 11.6 Å². The number of carbonyl (C=O) groups excluding carboxylic acids is 1. The Morgan fingerprint density at radius 3 is 2.64 bits per heavy atom. The van der Waals surface area contributed by atoms with Crippen LogP contribution in [-0.2, 0) is 11.8 Å². The topological polar surface area (TPSA) is 59.8 Å². The number of rotatable bonds is 2. The Morgan fingerprint density at radius 1 is 1.28 bits per heavy atom. The summed E-state index contributed by atoms with van der Waals surface area (Å²) in [6.45, 7) is 0. The van der Waals surface area contributed by atoms with Gasteiger partial charge in [0.1, 0.15) is 5.69 Å². The first-order valence-electron chi connectivity index (χ1n) is 6.72. The van der Waals surface area contributed by atoms with E-state index >= 15 is 0 Å². The standard InChI is InChI=1S/C15H10ClF3N4O.CH4/c1-23-7-9(8-4-2-3-5-11(8)23)12-10(6-20-14(16)22-12)21-13(24)15(17,18)19;/h2-7H,1H3,(H,21,24);1H4. The van der Waals surface area contributed by atoms with Crippen molar-refractivity contribution in [3.8, 4) is 11.3 Å². The normalized spacial score (nSPS) is 11.2. The van der Waals surface area contributed by atoms with Crippen LogP contribution in [0.1, 0.15) is 7.43 Å². The molecule has 132 valence electrons. The van der Waals surface area contributed by atoms with Gasteiger partial charge in [0, 0.05) is 29.7 Å². The third-order valence-electron chi connectivity index (χ3n) is 3.42. The van der Waals surface area contributed by atoms with E-state index in [1.807, 2.05) is 12.1 Å². The minimum absolute atomic E-state index is 0. The maximum Gasteiger partial charge on any atom is 0.471 e. The van der Waals surface area contributed by atoms with Gasteiger partial charge in [-0.2, -0.15) is 13.2 Å². The van der Waals surface area contributed by atoms with Crippen molar-refractivity contribution in [3.05, 3.63) is 41.9 Å². The van der Waals surface area contributed by atoms with Crippen molar-refractivity contribution in [2.24, 2.45) is 7.05 Å². The maximum absolute atomic E-state index is 12.5. The maximum atomic E-state index is 12.5. The van der Waals surface area contributed by atoms with Crippen molar-refractivity contribution in [3.63, 3.8) is 0 Å². The monoisotopic (exact) mass is 370 g/mol. The molecule has 2 aromatic heterocycles. The number of para-hydroxylation sites is 1. The summed E-state index contributed by atoms with van der Waals surface area (Å²) >= 11 is 5.79. The number of nitrogens with zero attached hydrogens (tertiary/aromatic N) is 3. The lowest BCUT2D eigenvalue weighted by atomic mass is 10.1. The molecule has 1 amide bonds. The molecule has 3 rings (SSSR count). The minimum atomic E-state index is -5.02. The first-order chi connectivity index (χ1) is 11.3. The zero-order chi connectivity index (χ0) is 17.5. The molecule has 0 radical (unpaired) electrons. The van der Waals surface area contributed by atoms with Crippen LogP contribution in [0.25, 0.3) is 22.2 Å². The highest BCUT2D eigenvalue weighted by Gasteiger charge is 2.39. The van der Waals surface area contributed by atoms with Crippen LogP contribution in [-0.4, -0.2) is 26.6 Å². The molecule has 0 fully saturated rings. The number of anilines is 1. The van der Waals surface area contributed by atoms with E-state index in [4.69, 9.17) is 11.6 Å². The summed E-state index contributed by atoms with van der Waals surface area (Å²) < 4.78 is 39.4. The van der Waals surface area contributed by atoms with Gasteiger partial charge >= 0.3 is 12.1 Å². The number of amides is 1. The lowest BCUT2D eigenvalue weighted by Gasteiger charge is -2.11. The lowest BCUT2D eigenvalue weighted by Crippen LogP contribution is -2.30. The Morgan fingerprint density at radius 2 is 1.96 bits per heavy atom. The average molecular weight is 371 g/mol. The van der Waals surface area contributed by atoms with E-state index in [-0.39, 0.29) is 24.1 Å². The number of aromatic nitrogens is 3. The molecular weight excluding hydrogens is 357 g/mol. The molecule has 1 aromatic carbocycles. The molecule has 1 N–H and O–H groups in total. The Labute approximate surface area is 146 Å². The van der Waals surface area contributed by atoms with Gasteiger partial charge in [0.2, 0.25) is 5.28 Å². The smallest absolute Gasteiger partial charge is 0.350 e. The van der Waals surface area contributed by atoms with E-state index in [1.54, 1.807) is 35.3 Å². The predicted molar refractivity (Wildman–Crippen MR) is 90.4 cm³/mol. The number of aryl methyl sites for hydroxylation is 1. The Balaban J connectivity index is 0.00000225. The molecule has 9 heteroatoms. The van der Waals surface area contributed by atoms with Gasteiger partial charge in [-0.3, -0.25) is 4.79 Å². The van der Waals surface area contributed by atoms with Crippen LogP contribution in [0.2, 0.25) is 5.28 Å². The van der Waals surface area contributed by atoms with Crippen molar-refractivity contribution < 1.29 is 18.0 Å². The number of hydrogen-bond donors (Lipinski definition) is 1. The summed E-state index contributed by atoms with van der Waals surface area (Å²) in [7, 11) is 1.79. The SMILES string of the molecule is C.Cn1cc(-c2nc(Cl)ncc2NC(=O)C(F)(F)F)c2ccccc21. The third-order valence-corrected chi connectivity index (χ3v) is 3.60. The van der Waals surface area contributed by atoms with E-state index in [2.05, 4.69) is 9.97 Å². The minimum Gasteiger partial charge on any atom is -0.350 e. The summed E-state index contributed by atoms with van der Waals surface area (Å²) in [6, 6.07) is 7.29. The summed E-state index contributed by atoms with van der Waals surface area (Å²) in [5.41, 5.74) is 1.34. The quantitative estimate of drug-likeness (QED) is 0.679. The zero-order valence-electron chi connectivity index (χ0n) is 12.2. The van der Waals surface area contributed by atoms with Gasteiger partial charge in [-0.25, -0.2) is 9.97 Å². The van der Waals surface area contributed by atoms with Crippen molar-refractivity contribution in [2.75, 3.05) is 5.32 Å². The highest BCUT2D eigenvalue weighted by molar-refractivity contribution is 6.28. The van der Waals surface area contributed by atoms with E-state index in [0.29, 0.717) is 5.56 Å². The van der Waals surface area contributed by atoms with Gasteiger partial charge in [0.05, 0.1) is 11.9 Å². The number of benzene rings is 1. The summed E-state index contributed by atoms with van der Waals surface area (Å²) in [5.74, 6) is -2.10. The average Bonchev–Trinajstić information content (AvgIpc) is 2.85. The van der Waals surface area contributed by atoms with Crippen molar-refractivity contribution in [1.82, 2.24) is 14.5 Å². The fourth-order valence-electron chi connectivity index (χ4n) is 2.38. The van der Waals surface area contributed by atoms with Crippen LogP contribution in [0.15, 0.2) is 36.7 Å². The molecule has 2 heterocycles. The number of nitrogens with one attached hydrogen (secondary N) is 1. The Kier molecular flexibility index (Phi) is 5.03. The second-order valence-electron chi connectivity index (χ2n) is 5.02. The van der Waals surface area contributed by atoms with Crippen LogP contribution < -0.4 is 5.32 Å². The van der Waals surface area contributed by atoms with Crippen LogP contribution in [0.5, 0.6) is 0 Å². The molecule has 0 spiro atoms. The third kappa shape index (κ3) is 3.58. The van der Waals surface area contributed by atoms with Gasteiger partial charge in [-0.1, -0.05) is 25.6 Å². The highest BCUT2D eigenvalue weighted by atomic mass is 35.5. The lowest BCUT2D eigenvalue weighted by molar-refractivity contribution is -0.167. The van der Waals surface area contributed by atoms with E-state index in [1.165, 1.54) is 0 Å². The molecule has 0 aliphatic carbocycles. The summed E-state index contributed by atoms with van der Waals surface area (Å²) in [5, 5.41) is 2.42. The van der Waals surface area contributed by atoms with Crippen LogP contribution in [0.3, 0.4) is 0 Å². The first-order valence-corrected chi connectivity index (χ1v) is 7.10. The number of alkyl halides is 3. The molecule has 0 saturated carbocycles. The molecule has 0 atom stereocenters. The number of fused-ring (bicyclic) bond motifs is 1. The summed E-state index contributed by atoms with van der Waals surface area (Å²) in [6.07, 6.45) is -2.27. The van der Waals surface area contributed by atoms with Crippen LogP contribution in [0, 0.1) is 0 Å².